The highest BCUT2D eigenvalue weighted by Crippen LogP contribution is 2.36. The van der Waals surface area contributed by atoms with Crippen molar-refractivity contribution in [2.24, 2.45) is 5.41 Å². The molecule has 0 aromatic carbocycles. The first-order chi connectivity index (χ1) is 9.52. The molecular formula is C15H26N2O3. The van der Waals surface area contributed by atoms with Crippen molar-refractivity contribution in [3.8, 4) is 0 Å². The zero-order chi connectivity index (χ0) is 15.0. The average Bonchev–Trinajstić information content (AvgIpc) is 2.45. The van der Waals surface area contributed by atoms with Gasteiger partial charge in [-0.3, -0.25) is 4.79 Å². The van der Waals surface area contributed by atoms with E-state index in [1.807, 2.05) is 6.08 Å². The maximum atomic E-state index is 11.9. The van der Waals surface area contributed by atoms with Crippen LogP contribution in [0.25, 0.3) is 0 Å². The topological polar surface area (TPSA) is 69.6 Å². The number of urea groups is 1. The van der Waals surface area contributed by atoms with E-state index in [9.17, 15) is 14.7 Å². The molecule has 1 saturated carbocycles. The molecule has 0 unspecified atom stereocenters. The number of amides is 2. The van der Waals surface area contributed by atoms with Crippen molar-refractivity contribution in [3.63, 3.8) is 0 Å². The number of carbonyl (C=O) groups excluding carboxylic acids is 1. The second kappa shape index (κ2) is 7.92. The monoisotopic (exact) mass is 282 g/mol. The highest BCUT2D eigenvalue weighted by molar-refractivity contribution is 5.78. The molecule has 1 aliphatic carbocycles. The van der Waals surface area contributed by atoms with Crippen molar-refractivity contribution in [3.05, 3.63) is 12.7 Å². The molecule has 0 atom stereocenters. The summed E-state index contributed by atoms with van der Waals surface area (Å²) in [6, 6.07) is -0.194. The van der Waals surface area contributed by atoms with Gasteiger partial charge in [0.15, 0.2) is 0 Å². The van der Waals surface area contributed by atoms with E-state index in [0.717, 1.165) is 32.1 Å². The van der Waals surface area contributed by atoms with Crippen LogP contribution in [0.1, 0.15) is 44.9 Å². The van der Waals surface area contributed by atoms with Crippen LogP contribution in [-0.2, 0) is 4.79 Å². The van der Waals surface area contributed by atoms with Crippen molar-refractivity contribution in [2.75, 3.05) is 20.1 Å². The Morgan fingerprint density at radius 2 is 2.00 bits per heavy atom. The summed E-state index contributed by atoms with van der Waals surface area (Å²) < 4.78 is 0. The number of unbranched alkanes of at least 4 members (excludes halogenated alkanes) is 1. The number of hydrogen-bond donors (Lipinski definition) is 2. The van der Waals surface area contributed by atoms with Crippen molar-refractivity contribution in [2.45, 2.75) is 44.9 Å². The van der Waals surface area contributed by atoms with Crippen LogP contribution >= 0.6 is 0 Å². The van der Waals surface area contributed by atoms with E-state index in [1.165, 1.54) is 0 Å². The van der Waals surface area contributed by atoms with Crippen LogP contribution in [0, 0.1) is 5.41 Å². The van der Waals surface area contributed by atoms with Gasteiger partial charge in [0.2, 0.25) is 0 Å². The predicted octanol–water partition coefficient (Wildman–Crippen LogP) is 2.63. The molecule has 0 aromatic rings. The number of hydrogen-bond acceptors (Lipinski definition) is 2. The molecule has 0 heterocycles. The lowest BCUT2D eigenvalue weighted by Crippen LogP contribution is -2.47. The first-order valence-corrected chi connectivity index (χ1v) is 7.35. The van der Waals surface area contributed by atoms with Crippen LogP contribution in [0.5, 0.6) is 0 Å². The fourth-order valence-corrected chi connectivity index (χ4v) is 2.65. The van der Waals surface area contributed by atoms with Gasteiger partial charge < -0.3 is 15.3 Å². The van der Waals surface area contributed by atoms with E-state index < -0.39 is 11.4 Å². The Hall–Kier alpha value is -1.52. The number of allylic oxidation sites excluding steroid dienone is 1. The Morgan fingerprint density at radius 1 is 1.35 bits per heavy atom. The highest BCUT2D eigenvalue weighted by Gasteiger charge is 2.39. The van der Waals surface area contributed by atoms with Crippen LogP contribution in [0.3, 0.4) is 0 Å². The molecule has 114 valence electrons. The van der Waals surface area contributed by atoms with Gasteiger partial charge in [0.1, 0.15) is 0 Å². The number of carboxylic acids is 1. The maximum absolute atomic E-state index is 11.9. The van der Waals surface area contributed by atoms with E-state index in [-0.39, 0.29) is 12.6 Å². The van der Waals surface area contributed by atoms with Crippen LogP contribution in [0.2, 0.25) is 0 Å². The second-order valence-electron chi connectivity index (χ2n) is 5.66. The molecule has 1 aliphatic rings. The standard InChI is InChI=1S/C15H26N2O3/c1-3-4-8-11-17(2)14(20)16-12-15(13(18)19)9-6-5-7-10-15/h3H,1,4-12H2,2H3,(H,16,20)(H,18,19). The van der Waals surface area contributed by atoms with E-state index in [1.54, 1.807) is 11.9 Å². The Morgan fingerprint density at radius 3 is 2.55 bits per heavy atom. The summed E-state index contributed by atoms with van der Waals surface area (Å²) in [5.74, 6) is -0.785. The predicted molar refractivity (Wildman–Crippen MR) is 78.6 cm³/mol. The SMILES string of the molecule is C=CCCCN(C)C(=O)NCC1(C(=O)O)CCCCC1. The summed E-state index contributed by atoms with van der Waals surface area (Å²) in [4.78, 5) is 25.0. The number of carbonyl (C=O) groups is 2. The Labute approximate surface area is 121 Å². The molecule has 2 amide bonds. The summed E-state index contributed by atoms with van der Waals surface area (Å²) in [5, 5.41) is 12.2. The smallest absolute Gasteiger partial charge is 0.317 e. The molecule has 2 N–H and O–H groups in total. The van der Waals surface area contributed by atoms with Gasteiger partial charge in [0.05, 0.1) is 5.41 Å². The quantitative estimate of drug-likeness (QED) is 0.557. The van der Waals surface area contributed by atoms with Gasteiger partial charge >= 0.3 is 12.0 Å². The van der Waals surface area contributed by atoms with E-state index >= 15 is 0 Å². The van der Waals surface area contributed by atoms with Gasteiger partial charge in [-0.15, -0.1) is 6.58 Å². The molecule has 1 fully saturated rings. The first kappa shape index (κ1) is 16.5. The summed E-state index contributed by atoms with van der Waals surface area (Å²) in [5.41, 5.74) is -0.768. The lowest BCUT2D eigenvalue weighted by Gasteiger charge is -2.33. The van der Waals surface area contributed by atoms with Gasteiger partial charge in [-0.1, -0.05) is 25.3 Å². The normalized spacial score (nSPS) is 17.2. The summed E-state index contributed by atoms with van der Waals surface area (Å²) in [6.45, 7) is 4.52. The molecule has 0 aromatic heterocycles. The summed E-state index contributed by atoms with van der Waals surface area (Å²) in [6.07, 6.45) is 7.83. The molecule has 1 rings (SSSR count). The molecule has 0 saturated heterocycles. The molecule has 0 aliphatic heterocycles. The van der Waals surface area contributed by atoms with Crippen LogP contribution < -0.4 is 5.32 Å². The van der Waals surface area contributed by atoms with Crippen LogP contribution in [-0.4, -0.2) is 42.1 Å². The Kier molecular flexibility index (Phi) is 6.55. The molecule has 0 radical (unpaired) electrons. The zero-order valence-corrected chi connectivity index (χ0v) is 12.4. The van der Waals surface area contributed by atoms with Gasteiger partial charge in [-0.2, -0.15) is 0 Å². The first-order valence-electron chi connectivity index (χ1n) is 7.35. The van der Waals surface area contributed by atoms with E-state index in [4.69, 9.17) is 0 Å². The van der Waals surface area contributed by atoms with Crippen molar-refractivity contribution in [1.29, 1.82) is 0 Å². The Bertz CT molecular complexity index is 349. The van der Waals surface area contributed by atoms with Gasteiger partial charge in [-0.25, -0.2) is 4.79 Å². The third-order valence-corrected chi connectivity index (χ3v) is 4.09. The number of carboxylic acid groups (broad SMARTS) is 1. The Balaban J connectivity index is 2.44. The van der Waals surface area contributed by atoms with Crippen molar-refractivity contribution >= 4 is 12.0 Å². The highest BCUT2D eigenvalue weighted by atomic mass is 16.4. The fraction of sp³-hybridized carbons (Fsp3) is 0.733. The van der Waals surface area contributed by atoms with Gasteiger partial charge in [0.25, 0.3) is 0 Å². The third kappa shape index (κ3) is 4.54. The lowest BCUT2D eigenvalue weighted by molar-refractivity contribution is -0.150. The molecular weight excluding hydrogens is 256 g/mol. The summed E-state index contributed by atoms with van der Waals surface area (Å²) >= 11 is 0. The molecule has 5 heteroatoms. The van der Waals surface area contributed by atoms with Crippen LogP contribution in [0.15, 0.2) is 12.7 Å². The second-order valence-corrected chi connectivity index (χ2v) is 5.66. The van der Waals surface area contributed by atoms with Crippen molar-refractivity contribution < 1.29 is 14.7 Å². The molecule has 0 spiro atoms. The van der Waals surface area contributed by atoms with E-state index in [0.29, 0.717) is 19.4 Å². The number of rotatable bonds is 7. The minimum Gasteiger partial charge on any atom is -0.481 e. The van der Waals surface area contributed by atoms with Gasteiger partial charge in [0, 0.05) is 20.1 Å². The summed E-state index contributed by atoms with van der Waals surface area (Å²) in [7, 11) is 1.73. The fourth-order valence-electron chi connectivity index (χ4n) is 2.65. The number of nitrogens with one attached hydrogen (secondary N) is 1. The maximum Gasteiger partial charge on any atom is 0.317 e. The largest absolute Gasteiger partial charge is 0.481 e. The minimum atomic E-state index is -0.785. The molecule has 5 nitrogen and oxygen atoms in total. The third-order valence-electron chi connectivity index (χ3n) is 4.09. The lowest BCUT2D eigenvalue weighted by atomic mass is 9.74. The number of aliphatic carboxylic acids is 1. The average molecular weight is 282 g/mol. The molecule has 20 heavy (non-hydrogen) atoms. The zero-order valence-electron chi connectivity index (χ0n) is 12.4. The van der Waals surface area contributed by atoms with Gasteiger partial charge in [-0.05, 0) is 25.7 Å². The molecule has 0 bridgehead atoms. The van der Waals surface area contributed by atoms with Crippen molar-refractivity contribution in [1.82, 2.24) is 10.2 Å². The van der Waals surface area contributed by atoms with Crippen LogP contribution in [0.4, 0.5) is 4.79 Å². The minimum absolute atomic E-state index is 0.194. The number of nitrogens with zero attached hydrogens (tertiary/aromatic N) is 1. The van der Waals surface area contributed by atoms with E-state index in [2.05, 4.69) is 11.9 Å².